The van der Waals surface area contributed by atoms with Crippen molar-refractivity contribution in [3.05, 3.63) is 48.5 Å². The molecule has 1 N–H and O–H groups in total. The average molecular weight is 357 g/mol. The van der Waals surface area contributed by atoms with Crippen LogP contribution in [0, 0.1) is 0 Å². The van der Waals surface area contributed by atoms with Crippen molar-refractivity contribution in [3.63, 3.8) is 0 Å². The standard InChI is InChI=1S/C22H32N2O2/c1-2-3-4-5-6-7-8-9-10-14-20(22(25)26)19-13-11-12-15-21(19)24-17-16-23-18-24/h11-13,15-18,20H,2-10,14H2,1H3,(H,25,26). The van der Waals surface area contributed by atoms with Crippen molar-refractivity contribution >= 4 is 5.97 Å². The van der Waals surface area contributed by atoms with E-state index in [1.54, 1.807) is 12.5 Å². The molecule has 0 saturated carbocycles. The fourth-order valence-corrected chi connectivity index (χ4v) is 3.49. The number of nitrogens with zero attached hydrogens (tertiary/aromatic N) is 2. The third-order valence-electron chi connectivity index (χ3n) is 4.99. The summed E-state index contributed by atoms with van der Waals surface area (Å²) in [5.41, 5.74) is 1.78. The van der Waals surface area contributed by atoms with Gasteiger partial charge in [-0.15, -0.1) is 0 Å². The molecule has 2 aromatic rings. The Hall–Kier alpha value is -2.10. The number of carboxylic acids is 1. The quantitative estimate of drug-likeness (QED) is 0.450. The maximum atomic E-state index is 11.9. The Morgan fingerprint density at radius 2 is 1.69 bits per heavy atom. The predicted octanol–water partition coefficient (Wildman–Crippen LogP) is 5.96. The van der Waals surface area contributed by atoms with E-state index < -0.39 is 11.9 Å². The Balaban J connectivity index is 1.84. The highest BCUT2D eigenvalue weighted by Gasteiger charge is 2.22. The van der Waals surface area contributed by atoms with Crippen molar-refractivity contribution < 1.29 is 9.90 Å². The average Bonchev–Trinajstić information content (AvgIpc) is 3.18. The zero-order chi connectivity index (χ0) is 18.6. The molecule has 142 valence electrons. The molecule has 1 heterocycles. The second-order valence-electron chi connectivity index (χ2n) is 7.04. The lowest BCUT2D eigenvalue weighted by molar-refractivity contribution is -0.139. The maximum absolute atomic E-state index is 11.9. The minimum atomic E-state index is -0.739. The van der Waals surface area contributed by atoms with E-state index in [4.69, 9.17) is 0 Å². The van der Waals surface area contributed by atoms with Crippen LogP contribution in [0.2, 0.25) is 0 Å². The Labute approximate surface area is 157 Å². The van der Waals surface area contributed by atoms with Crippen LogP contribution < -0.4 is 0 Å². The summed E-state index contributed by atoms with van der Waals surface area (Å²) in [6.45, 7) is 2.24. The van der Waals surface area contributed by atoms with Gasteiger partial charge >= 0.3 is 5.97 Å². The summed E-state index contributed by atoms with van der Waals surface area (Å²) in [7, 11) is 0. The molecule has 0 radical (unpaired) electrons. The van der Waals surface area contributed by atoms with E-state index in [0.29, 0.717) is 6.42 Å². The minimum Gasteiger partial charge on any atom is -0.481 e. The van der Waals surface area contributed by atoms with Gasteiger partial charge in [0.1, 0.15) is 0 Å². The van der Waals surface area contributed by atoms with Gasteiger partial charge in [-0.05, 0) is 18.1 Å². The monoisotopic (exact) mass is 356 g/mol. The summed E-state index contributed by atoms with van der Waals surface area (Å²) in [6.07, 6.45) is 17.2. The van der Waals surface area contributed by atoms with Crippen LogP contribution in [-0.4, -0.2) is 20.6 Å². The van der Waals surface area contributed by atoms with Crippen molar-refractivity contribution in [1.82, 2.24) is 9.55 Å². The van der Waals surface area contributed by atoms with Crippen molar-refractivity contribution in [1.29, 1.82) is 0 Å². The number of benzene rings is 1. The summed E-state index contributed by atoms with van der Waals surface area (Å²) in [6, 6.07) is 7.75. The molecule has 1 aromatic carbocycles. The molecule has 4 nitrogen and oxygen atoms in total. The van der Waals surface area contributed by atoms with E-state index >= 15 is 0 Å². The first kappa shape index (κ1) is 20.2. The number of para-hydroxylation sites is 1. The van der Waals surface area contributed by atoms with E-state index in [1.807, 2.05) is 35.0 Å². The van der Waals surface area contributed by atoms with Gasteiger partial charge in [-0.3, -0.25) is 4.79 Å². The van der Waals surface area contributed by atoms with Crippen molar-refractivity contribution in [2.45, 2.75) is 77.0 Å². The maximum Gasteiger partial charge on any atom is 0.311 e. The first-order valence-electron chi connectivity index (χ1n) is 10.0. The molecular weight excluding hydrogens is 324 g/mol. The molecule has 2 rings (SSSR count). The lowest BCUT2D eigenvalue weighted by Crippen LogP contribution is -2.14. The second-order valence-corrected chi connectivity index (χ2v) is 7.04. The number of hydrogen-bond acceptors (Lipinski definition) is 2. The lowest BCUT2D eigenvalue weighted by atomic mass is 9.91. The van der Waals surface area contributed by atoms with E-state index in [2.05, 4.69) is 11.9 Å². The molecular formula is C22H32N2O2. The molecule has 0 aliphatic rings. The molecule has 0 aliphatic carbocycles. The fourth-order valence-electron chi connectivity index (χ4n) is 3.49. The number of unbranched alkanes of at least 4 members (excludes halogenated alkanes) is 8. The Bertz CT molecular complexity index is 637. The molecule has 0 spiro atoms. The van der Waals surface area contributed by atoms with Gasteiger partial charge in [0.05, 0.1) is 17.9 Å². The van der Waals surface area contributed by atoms with Crippen LogP contribution in [0.25, 0.3) is 5.69 Å². The Morgan fingerprint density at radius 3 is 2.31 bits per heavy atom. The molecule has 0 saturated heterocycles. The SMILES string of the molecule is CCCCCCCCCCCC(C(=O)O)c1ccccc1-n1ccnc1. The predicted molar refractivity (Wildman–Crippen MR) is 106 cm³/mol. The molecule has 4 heteroatoms. The molecule has 0 fully saturated rings. The molecule has 0 amide bonds. The van der Waals surface area contributed by atoms with Crippen molar-refractivity contribution in [3.8, 4) is 5.69 Å². The molecule has 1 aromatic heterocycles. The van der Waals surface area contributed by atoms with Crippen LogP contribution in [-0.2, 0) is 4.79 Å². The van der Waals surface area contributed by atoms with Crippen LogP contribution in [0.4, 0.5) is 0 Å². The van der Waals surface area contributed by atoms with Gasteiger partial charge in [-0.25, -0.2) is 4.98 Å². The number of aromatic nitrogens is 2. The minimum absolute atomic E-state index is 0.460. The van der Waals surface area contributed by atoms with Gasteiger partial charge in [-0.1, -0.05) is 82.9 Å². The van der Waals surface area contributed by atoms with Crippen LogP contribution in [0.15, 0.2) is 43.0 Å². The lowest BCUT2D eigenvalue weighted by Gasteiger charge is -2.17. The van der Waals surface area contributed by atoms with Crippen molar-refractivity contribution in [2.24, 2.45) is 0 Å². The van der Waals surface area contributed by atoms with E-state index in [0.717, 1.165) is 24.1 Å². The number of imidazole rings is 1. The number of hydrogen-bond donors (Lipinski definition) is 1. The summed E-state index contributed by atoms with van der Waals surface area (Å²) in [5, 5.41) is 9.75. The number of carbonyl (C=O) groups is 1. The highest BCUT2D eigenvalue weighted by Crippen LogP contribution is 2.28. The summed E-state index contributed by atoms with van der Waals surface area (Å²) in [5.74, 6) is -1.20. The van der Waals surface area contributed by atoms with Gasteiger partial charge in [0.2, 0.25) is 0 Å². The first-order valence-corrected chi connectivity index (χ1v) is 10.0. The Morgan fingerprint density at radius 1 is 1.04 bits per heavy atom. The molecule has 0 aliphatic heterocycles. The number of carboxylic acid groups (broad SMARTS) is 1. The van der Waals surface area contributed by atoms with Crippen LogP contribution in [0.3, 0.4) is 0 Å². The summed E-state index contributed by atoms with van der Waals surface area (Å²) >= 11 is 0. The highest BCUT2D eigenvalue weighted by atomic mass is 16.4. The van der Waals surface area contributed by atoms with Crippen LogP contribution in [0.5, 0.6) is 0 Å². The fraction of sp³-hybridized carbons (Fsp3) is 0.545. The van der Waals surface area contributed by atoms with Crippen LogP contribution >= 0.6 is 0 Å². The van der Waals surface area contributed by atoms with Gasteiger partial charge < -0.3 is 9.67 Å². The largest absolute Gasteiger partial charge is 0.481 e. The van der Waals surface area contributed by atoms with Crippen molar-refractivity contribution in [2.75, 3.05) is 0 Å². The van der Waals surface area contributed by atoms with E-state index in [1.165, 1.54) is 44.9 Å². The number of rotatable bonds is 13. The molecule has 1 atom stereocenters. The zero-order valence-electron chi connectivity index (χ0n) is 15.9. The smallest absolute Gasteiger partial charge is 0.311 e. The van der Waals surface area contributed by atoms with E-state index in [-0.39, 0.29) is 0 Å². The van der Waals surface area contributed by atoms with Gasteiger partial charge in [0.15, 0.2) is 0 Å². The number of aliphatic carboxylic acids is 1. The third-order valence-corrected chi connectivity index (χ3v) is 4.99. The van der Waals surface area contributed by atoms with Crippen LogP contribution in [0.1, 0.15) is 82.6 Å². The first-order chi connectivity index (χ1) is 12.7. The summed E-state index contributed by atoms with van der Waals surface area (Å²) < 4.78 is 1.89. The van der Waals surface area contributed by atoms with Gasteiger partial charge in [-0.2, -0.15) is 0 Å². The topological polar surface area (TPSA) is 55.1 Å². The zero-order valence-corrected chi connectivity index (χ0v) is 15.9. The molecule has 0 bridgehead atoms. The Kier molecular flexibility index (Phi) is 8.94. The highest BCUT2D eigenvalue weighted by molar-refractivity contribution is 5.77. The summed E-state index contributed by atoms with van der Waals surface area (Å²) in [4.78, 5) is 15.9. The molecule has 1 unspecified atom stereocenters. The van der Waals surface area contributed by atoms with Gasteiger partial charge in [0, 0.05) is 12.4 Å². The molecule has 26 heavy (non-hydrogen) atoms. The van der Waals surface area contributed by atoms with Gasteiger partial charge in [0.25, 0.3) is 0 Å². The second kappa shape index (κ2) is 11.5. The third kappa shape index (κ3) is 6.32. The normalized spacial score (nSPS) is 12.2. The van der Waals surface area contributed by atoms with E-state index in [9.17, 15) is 9.90 Å².